The van der Waals surface area contributed by atoms with E-state index in [1.807, 2.05) is 30.3 Å². The van der Waals surface area contributed by atoms with E-state index in [-0.39, 0.29) is 18.4 Å². The minimum atomic E-state index is -0.854. The predicted molar refractivity (Wildman–Crippen MR) is 84.3 cm³/mol. The molecule has 1 aromatic heterocycles. The van der Waals surface area contributed by atoms with Crippen molar-refractivity contribution in [3.8, 4) is 0 Å². The number of benzene rings is 1. The summed E-state index contributed by atoms with van der Waals surface area (Å²) in [5, 5.41) is 9.43. The van der Waals surface area contributed by atoms with Crippen LogP contribution in [0.3, 0.4) is 0 Å². The molecule has 3 rings (SSSR count). The molecule has 0 saturated carbocycles. The van der Waals surface area contributed by atoms with Crippen LogP contribution in [0.2, 0.25) is 0 Å². The first kappa shape index (κ1) is 15.3. The van der Waals surface area contributed by atoms with Gasteiger partial charge in [0.1, 0.15) is 5.76 Å². The molecule has 5 heteroatoms. The number of carboxylic acid groups (broad SMARTS) is 1. The molecule has 1 aromatic carbocycles. The molecule has 0 bridgehead atoms. The first-order valence-electron chi connectivity index (χ1n) is 7.67. The lowest BCUT2D eigenvalue weighted by atomic mass is 9.84. The zero-order valence-electron chi connectivity index (χ0n) is 12.9. The smallest absolute Gasteiger partial charge is 0.308 e. The number of aliphatic carboxylic acids is 1. The maximum absolute atomic E-state index is 12.7. The van der Waals surface area contributed by atoms with E-state index < -0.39 is 11.9 Å². The lowest BCUT2D eigenvalue weighted by Gasteiger charge is -2.36. The summed E-state index contributed by atoms with van der Waals surface area (Å²) in [7, 11) is 0. The highest BCUT2D eigenvalue weighted by Gasteiger charge is 2.35. The molecular weight excluding hydrogens is 294 g/mol. The number of nitrogens with zero attached hydrogens (tertiary/aromatic N) is 1. The van der Waals surface area contributed by atoms with Gasteiger partial charge in [-0.05, 0) is 25.0 Å². The summed E-state index contributed by atoms with van der Waals surface area (Å²) in [4.78, 5) is 25.8. The maximum atomic E-state index is 12.7. The Morgan fingerprint density at radius 3 is 2.52 bits per heavy atom. The van der Waals surface area contributed by atoms with Crippen molar-refractivity contribution in [3.63, 3.8) is 0 Å². The van der Waals surface area contributed by atoms with Gasteiger partial charge in [0.25, 0.3) is 5.91 Å². The van der Waals surface area contributed by atoms with Crippen molar-refractivity contribution < 1.29 is 19.1 Å². The van der Waals surface area contributed by atoms with Gasteiger partial charge < -0.3 is 14.4 Å². The highest BCUT2D eigenvalue weighted by atomic mass is 16.4. The summed E-state index contributed by atoms with van der Waals surface area (Å²) < 4.78 is 5.20. The number of carbonyl (C=O) groups excluding carboxylic acids is 1. The molecule has 23 heavy (non-hydrogen) atoms. The molecule has 120 valence electrons. The molecule has 2 heterocycles. The zero-order valence-corrected chi connectivity index (χ0v) is 12.9. The number of carbonyl (C=O) groups is 2. The molecule has 0 radical (unpaired) electrons. The number of furan rings is 1. The van der Waals surface area contributed by atoms with E-state index in [2.05, 4.69) is 0 Å². The van der Waals surface area contributed by atoms with Crippen LogP contribution >= 0.6 is 0 Å². The van der Waals surface area contributed by atoms with E-state index in [1.54, 1.807) is 17.9 Å². The Labute approximate surface area is 134 Å². The van der Waals surface area contributed by atoms with Crippen LogP contribution in [0.15, 0.2) is 47.1 Å². The van der Waals surface area contributed by atoms with Gasteiger partial charge in [-0.3, -0.25) is 9.59 Å². The average molecular weight is 313 g/mol. The fraction of sp³-hybridized carbons (Fsp3) is 0.333. The second-order valence-corrected chi connectivity index (χ2v) is 5.98. The summed E-state index contributed by atoms with van der Waals surface area (Å²) in [6, 6.07) is 11.4. The van der Waals surface area contributed by atoms with Crippen LogP contribution in [-0.4, -0.2) is 35.0 Å². The van der Waals surface area contributed by atoms with Gasteiger partial charge in [-0.1, -0.05) is 30.3 Å². The van der Waals surface area contributed by atoms with E-state index in [4.69, 9.17) is 4.42 Å². The molecule has 1 amide bonds. The molecule has 5 nitrogen and oxygen atoms in total. The molecule has 1 N–H and O–H groups in total. The molecule has 1 saturated heterocycles. The Balaban J connectivity index is 1.86. The molecule has 1 aliphatic heterocycles. The summed E-state index contributed by atoms with van der Waals surface area (Å²) >= 11 is 0. The minimum Gasteiger partial charge on any atom is -0.481 e. The quantitative estimate of drug-likeness (QED) is 0.946. The number of piperidine rings is 1. The first-order chi connectivity index (χ1) is 11.1. The molecule has 2 aromatic rings. The average Bonchev–Trinajstić information content (AvgIpc) is 3.00. The lowest BCUT2D eigenvalue weighted by Crippen LogP contribution is -2.45. The van der Waals surface area contributed by atoms with Crippen molar-refractivity contribution in [2.45, 2.75) is 19.3 Å². The third-order valence-corrected chi connectivity index (χ3v) is 4.45. The minimum absolute atomic E-state index is 0.0298. The van der Waals surface area contributed by atoms with Crippen LogP contribution in [0, 0.1) is 12.8 Å². The fourth-order valence-electron chi connectivity index (χ4n) is 3.19. The van der Waals surface area contributed by atoms with Crippen molar-refractivity contribution in [3.05, 3.63) is 59.5 Å². The summed E-state index contributed by atoms with van der Waals surface area (Å²) in [5.74, 6) is -0.980. The van der Waals surface area contributed by atoms with Crippen LogP contribution in [0.25, 0.3) is 0 Å². The Hall–Kier alpha value is -2.56. The van der Waals surface area contributed by atoms with Gasteiger partial charge in [0, 0.05) is 19.0 Å². The molecule has 0 spiro atoms. The van der Waals surface area contributed by atoms with Gasteiger partial charge in [-0.25, -0.2) is 0 Å². The second-order valence-electron chi connectivity index (χ2n) is 5.98. The zero-order chi connectivity index (χ0) is 16.4. The fourth-order valence-corrected chi connectivity index (χ4v) is 3.19. The van der Waals surface area contributed by atoms with Crippen molar-refractivity contribution in [2.24, 2.45) is 5.92 Å². The number of carboxylic acids is 1. The number of hydrogen-bond acceptors (Lipinski definition) is 3. The standard InChI is InChI=1S/C18H19NO4/c1-12-16(7-8-23-12)17(20)19-10-14(9-15(11-19)18(21)22)13-5-3-2-4-6-13/h2-8,14-15H,9-11H2,1H3,(H,21,22). The highest BCUT2D eigenvalue weighted by Crippen LogP contribution is 2.31. The van der Waals surface area contributed by atoms with E-state index in [9.17, 15) is 14.7 Å². The molecule has 2 atom stereocenters. The molecular formula is C18H19NO4. The van der Waals surface area contributed by atoms with Crippen molar-refractivity contribution in [1.29, 1.82) is 0 Å². The van der Waals surface area contributed by atoms with Gasteiger partial charge >= 0.3 is 5.97 Å². The first-order valence-corrected chi connectivity index (χ1v) is 7.67. The van der Waals surface area contributed by atoms with Crippen LogP contribution in [-0.2, 0) is 4.79 Å². The molecule has 1 fully saturated rings. The molecule has 0 aliphatic carbocycles. The topological polar surface area (TPSA) is 70.8 Å². The van der Waals surface area contributed by atoms with Gasteiger partial charge in [0.05, 0.1) is 17.7 Å². The van der Waals surface area contributed by atoms with E-state index in [0.29, 0.717) is 24.3 Å². The summed E-state index contributed by atoms with van der Waals surface area (Å²) in [6.45, 7) is 2.50. The van der Waals surface area contributed by atoms with Crippen LogP contribution in [0.1, 0.15) is 34.0 Å². The van der Waals surface area contributed by atoms with E-state index >= 15 is 0 Å². The maximum Gasteiger partial charge on any atom is 0.308 e. The van der Waals surface area contributed by atoms with Crippen LogP contribution < -0.4 is 0 Å². The SMILES string of the molecule is Cc1occc1C(=O)N1CC(C(=O)O)CC(c2ccccc2)C1. The number of rotatable bonds is 3. The molecule has 2 unspecified atom stereocenters. The van der Waals surface area contributed by atoms with Crippen molar-refractivity contribution in [2.75, 3.05) is 13.1 Å². The third kappa shape index (κ3) is 3.13. The van der Waals surface area contributed by atoms with Gasteiger partial charge in [-0.2, -0.15) is 0 Å². The monoisotopic (exact) mass is 313 g/mol. The Bertz CT molecular complexity index is 707. The molecule has 1 aliphatic rings. The van der Waals surface area contributed by atoms with Crippen molar-refractivity contribution in [1.82, 2.24) is 4.90 Å². The van der Waals surface area contributed by atoms with Crippen molar-refractivity contribution >= 4 is 11.9 Å². The Morgan fingerprint density at radius 1 is 1.17 bits per heavy atom. The van der Waals surface area contributed by atoms with E-state index in [1.165, 1.54) is 6.26 Å². The number of likely N-dealkylation sites (tertiary alicyclic amines) is 1. The summed E-state index contributed by atoms with van der Waals surface area (Å²) in [6.07, 6.45) is 2.03. The van der Waals surface area contributed by atoms with Gasteiger partial charge in [-0.15, -0.1) is 0 Å². The number of amides is 1. The normalized spacial score (nSPS) is 21.2. The summed E-state index contributed by atoms with van der Waals surface area (Å²) in [5.41, 5.74) is 1.57. The second kappa shape index (κ2) is 6.28. The van der Waals surface area contributed by atoms with E-state index in [0.717, 1.165) is 5.56 Å². The predicted octanol–water partition coefficient (Wildman–Crippen LogP) is 2.92. The largest absolute Gasteiger partial charge is 0.481 e. The Kier molecular flexibility index (Phi) is 4.19. The third-order valence-electron chi connectivity index (χ3n) is 4.45. The Morgan fingerprint density at radius 2 is 1.91 bits per heavy atom. The van der Waals surface area contributed by atoms with Gasteiger partial charge in [0.15, 0.2) is 0 Å². The lowest BCUT2D eigenvalue weighted by molar-refractivity contribution is -0.143. The van der Waals surface area contributed by atoms with Gasteiger partial charge in [0.2, 0.25) is 0 Å². The number of aryl methyl sites for hydroxylation is 1. The van der Waals surface area contributed by atoms with Crippen LogP contribution in [0.5, 0.6) is 0 Å². The number of hydrogen-bond donors (Lipinski definition) is 1. The van der Waals surface area contributed by atoms with Crippen LogP contribution in [0.4, 0.5) is 0 Å². The highest BCUT2D eigenvalue weighted by molar-refractivity contribution is 5.95.